The van der Waals surface area contributed by atoms with Crippen molar-refractivity contribution in [1.82, 2.24) is 9.55 Å². The summed E-state index contributed by atoms with van der Waals surface area (Å²) in [6.07, 6.45) is 2.16. The van der Waals surface area contributed by atoms with Crippen LogP contribution in [0.25, 0.3) is 11.0 Å². The largest absolute Gasteiger partial charge is 0.327 e. The Kier molecular flexibility index (Phi) is 4.47. The highest BCUT2D eigenvalue weighted by Crippen LogP contribution is 2.26. The summed E-state index contributed by atoms with van der Waals surface area (Å²) in [5, 5.41) is -0.289. The van der Waals surface area contributed by atoms with Crippen LogP contribution in [0.2, 0.25) is 0 Å². The molecule has 7 heteroatoms. The van der Waals surface area contributed by atoms with E-state index in [9.17, 15) is 8.42 Å². The van der Waals surface area contributed by atoms with Gasteiger partial charge in [0.2, 0.25) is 0 Å². The van der Waals surface area contributed by atoms with E-state index in [1.807, 2.05) is 22.8 Å². The summed E-state index contributed by atoms with van der Waals surface area (Å²) >= 11 is 8.12. The number of alkyl halides is 1. The third-order valence-electron chi connectivity index (χ3n) is 3.96. The first kappa shape index (κ1) is 15.6. The number of sulfone groups is 1. The van der Waals surface area contributed by atoms with E-state index in [4.69, 9.17) is 11.6 Å². The molecule has 1 fully saturated rings. The summed E-state index contributed by atoms with van der Waals surface area (Å²) in [7, 11) is -2.95. The summed E-state index contributed by atoms with van der Waals surface area (Å²) in [5.41, 5.74) is 1.91. The lowest BCUT2D eigenvalue weighted by Gasteiger charge is -2.13. The molecule has 1 aromatic heterocycles. The summed E-state index contributed by atoms with van der Waals surface area (Å²) in [5.74, 6) is 1.68. The van der Waals surface area contributed by atoms with Crippen molar-refractivity contribution in [2.75, 3.05) is 11.6 Å². The molecule has 114 valence electrons. The Morgan fingerprint density at radius 1 is 1.43 bits per heavy atom. The van der Waals surface area contributed by atoms with Gasteiger partial charge in [0.05, 0.1) is 22.0 Å². The molecule has 1 aliphatic rings. The number of benzene rings is 1. The standard InChI is InChI=1S/C14H16ClIN2O2S/c15-6-5-14-17-12-8-10(16)3-4-13(12)18(14)9-11-2-1-7-21(11,19)20/h3-4,8,11H,1-2,5-7,9H2. The van der Waals surface area contributed by atoms with Gasteiger partial charge in [-0.25, -0.2) is 13.4 Å². The number of hydrogen-bond acceptors (Lipinski definition) is 3. The van der Waals surface area contributed by atoms with Gasteiger partial charge in [-0.1, -0.05) is 0 Å². The van der Waals surface area contributed by atoms with E-state index in [0.717, 1.165) is 33.3 Å². The van der Waals surface area contributed by atoms with Gasteiger partial charge in [-0.15, -0.1) is 11.6 Å². The van der Waals surface area contributed by atoms with Crippen molar-refractivity contribution in [1.29, 1.82) is 0 Å². The monoisotopic (exact) mass is 438 g/mol. The Labute approximate surface area is 142 Å². The van der Waals surface area contributed by atoms with Gasteiger partial charge in [0.15, 0.2) is 9.84 Å². The van der Waals surface area contributed by atoms with Gasteiger partial charge in [0.25, 0.3) is 0 Å². The summed E-state index contributed by atoms with van der Waals surface area (Å²) < 4.78 is 27.3. The Bertz CT molecular complexity index is 773. The predicted octanol–water partition coefficient (Wildman–Crippen LogP) is 3.00. The van der Waals surface area contributed by atoms with Crippen molar-refractivity contribution in [2.24, 2.45) is 0 Å². The molecule has 2 aromatic rings. The zero-order chi connectivity index (χ0) is 15.0. The first-order chi connectivity index (χ1) is 10.0. The summed E-state index contributed by atoms with van der Waals surface area (Å²) in [6.45, 7) is 0.492. The van der Waals surface area contributed by atoms with Crippen LogP contribution in [0.15, 0.2) is 18.2 Å². The second-order valence-corrected chi connectivity index (χ2v) is 9.37. The molecule has 21 heavy (non-hydrogen) atoms. The fourth-order valence-corrected chi connectivity index (χ4v) is 5.35. The molecule has 1 saturated heterocycles. The molecule has 0 saturated carbocycles. The van der Waals surface area contributed by atoms with Gasteiger partial charge < -0.3 is 4.57 Å². The number of halogens is 2. The lowest BCUT2D eigenvalue weighted by atomic mass is 10.2. The van der Waals surface area contributed by atoms with Crippen LogP contribution < -0.4 is 0 Å². The van der Waals surface area contributed by atoms with E-state index >= 15 is 0 Å². The van der Waals surface area contributed by atoms with E-state index in [1.165, 1.54) is 0 Å². The van der Waals surface area contributed by atoms with Gasteiger partial charge in [-0.05, 0) is 53.6 Å². The van der Waals surface area contributed by atoms with E-state index in [0.29, 0.717) is 24.6 Å². The minimum Gasteiger partial charge on any atom is -0.327 e. The Morgan fingerprint density at radius 3 is 2.90 bits per heavy atom. The maximum Gasteiger partial charge on any atom is 0.154 e. The molecule has 0 radical (unpaired) electrons. The molecule has 0 bridgehead atoms. The third kappa shape index (κ3) is 3.07. The smallest absolute Gasteiger partial charge is 0.154 e. The molecule has 4 nitrogen and oxygen atoms in total. The van der Waals surface area contributed by atoms with Crippen molar-refractivity contribution in [3.05, 3.63) is 27.6 Å². The second kappa shape index (κ2) is 6.04. The van der Waals surface area contributed by atoms with E-state index in [-0.39, 0.29) is 5.25 Å². The van der Waals surface area contributed by atoms with Crippen LogP contribution in [0.4, 0.5) is 0 Å². The second-order valence-electron chi connectivity index (χ2n) is 5.34. The molecule has 1 aliphatic heterocycles. The van der Waals surface area contributed by atoms with Crippen LogP contribution in [0.1, 0.15) is 18.7 Å². The lowest BCUT2D eigenvalue weighted by Crippen LogP contribution is -2.23. The van der Waals surface area contributed by atoms with Crippen LogP contribution in [0.3, 0.4) is 0 Å². The average molecular weight is 439 g/mol. The third-order valence-corrected chi connectivity index (χ3v) is 7.07. The fraction of sp³-hybridized carbons (Fsp3) is 0.500. The molecule has 0 N–H and O–H groups in total. The molecule has 1 aromatic carbocycles. The van der Waals surface area contributed by atoms with Crippen LogP contribution >= 0.6 is 34.2 Å². The molecule has 1 unspecified atom stereocenters. The number of aryl methyl sites for hydroxylation is 1. The van der Waals surface area contributed by atoms with Crippen LogP contribution in [0.5, 0.6) is 0 Å². The minimum absolute atomic E-state index is 0.289. The van der Waals surface area contributed by atoms with Crippen molar-refractivity contribution >= 4 is 55.1 Å². The average Bonchev–Trinajstić information content (AvgIpc) is 2.91. The number of imidazole rings is 1. The van der Waals surface area contributed by atoms with Crippen molar-refractivity contribution in [3.8, 4) is 0 Å². The number of hydrogen-bond donors (Lipinski definition) is 0. The van der Waals surface area contributed by atoms with Gasteiger partial charge in [-0.3, -0.25) is 0 Å². The molecule has 1 atom stereocenters. The zero-order valence-electron chi connectivity index (χ0n) is 11.4. The zero-order valence-corrected chi connectivity index (χ0v) is 15.2. The predicted molar refractivity (Wildman–Crippen MR) is 93.7 cm³/mol. The highest BCUT2D eigenvalue weighted by atomic mass is 127. The van der Waals surface area contributed by atoms with Crippen LogP contribution in [0, 0.1) is 3.57 Å². The number of rotatable bonds is 4. The van der Waals surface area contributed by atoms with Gasteiger partial charge in [-0.2, -0.15) is 0 Å². The molecule has 0 aliphatic carbocycles. The minimum atomic E-state index is -2.95. The lowest BCUT2D eigenvalue weighted by molar-refractivity contribution is 0.564. The van der Waals surface area contributed by atoms with Gasteiger partial charge in [0, 0.05) is 22.4 Å². The Morgan fingerprint density at radius 2 is 2.24 bits per heavy atom. The number of fused-ring (bicyclic) bond motifs is 1. The Hall–Kier alpha value is -0.340. The van der Waals surface area contributed by atoms with Gasteiger partial charge in [0.1, 0.15) is 5.82 Å². The molecular formula is C14H16ClIN2O2S. The number of nitrogens with zero attached hydrogens (tertiary/aromatic N) is 2. The fourth-order valence-electron chi connectivity index (χ4n) is 2.90. The first-order valence-electron chi connectivity index (χ1n) is 6.93. The van der Waals surface area contributed by atoms with Crippen molar-refractivity contribution in [3.63, 3.8) is 0 Å². The normalized spacial score (nSPS) is 21.1. The van der Waals surface area contributed by atoms with E-state index in [1.54, 1.807) is 0 Å². The van der Waals surface area contributed by atoms with E-state index in [2.05, 4.69) is 27.6 Å². The maximum absolute atomic E-state index is 12.1. The molecular weight excluding hydrogens is 423 g/mol. The summed E-state index contributed by atoms with van der Waals surface area (Å²) in [6, 6.07) is 6.06. The highest BCUT2D eigenvalue weighted by Gasteiger charge is 2.32. The maximum atomic E-state index is 12.1. The molecule has 2 heterocycles. The van der Waals surface area contributed by atoms with Crippen molar-refractivity contribution in [2.45, 2.75) is 31.1 Å². The quantitative estimate of drug-likeness (QED) is 0.545. The topological polar surface area (TPSA) is 52.0 Å². The van der Waals surface area contributed by atoms with Crippen molar-refractivity contribution < 1.29 is 8.42 Å². The Balaban J connectivity index is 2.05. The molecule has 3 rings (SSSR count). The number of aromatic nitrogens is 2. The van der Waals surface area contributed by atoms with Gasteiger partial charge >= 0.3 is 0 Å². The first-order valence-corrected chi connectivity index (χ1v) is 10.3. The van der Waals surface area contributed by atoms with E-state index < -0.39 is 9.84 Å². The SMILES string of the molecule is O=S1(=O)CCCC1Cn1c(CCCl)nc2cc(I)ccc21. The molecule has 0 amide bonds. The summed E-state index contributed by atoms with van der Waals surface area (Å²) in [4.78, 5) is 4.63. The van der Waals surface area contributed by atoms with Crippen LogP contribution in [-0.4, -0.2) is 34.9 Å². The van der Waals surface area contributed by atoms with Crippen LogP contribution in [-0.2, 0) is 22.8 Å². The highest BCUT2D eigenvalue weighted by molar-refractivity contribution is 14.1. The molecule has 0 spiro atoms.